The molecule has 0 bridgehead atoms. The Morgan fingerprint density at radius 2 is 1.72 bits per heavy atom. The normalized spacial score (nSPS) is 18.4. The van der Waals surface area contributed by atoms with Crippen LogP contribution in [0.4, 0.5) is 0 Å². The van der Waals surface area contributed by atoms with Gasteiger partial charge < -0.3 is 14.4 Å². The van der Waals surface area contributed by atoms with Gasteiger partial charge in [0.2, 0.25) is 0 Å². The Kier molecular flexibility index (Phi) is 6.96. The van der Waals surface area contributed by atoms with Gasteiger partial charge in [0, 0.05) is 26.2 Å². The van der Waals surface area contributed by atoms with Crippen LogP contribution in [0.3, 0.4) is 0 Å². The third-order valence-electron chi connectivity index (χ3n) is 5.60. The molecule has 2 amide bonds. The molecule has 0 aliphatic carbocycles. The summed E-state index contributed by atoms with van der Waals surface area (Å²) in [5.41, 5.74) is 1.83. The zero-order chi connectivity index (χ0) is 21.0. The minimum atomic E-state index is -0.210. The lowest BCUT2D eigenvalue weighted by atomic mass is 9.97. The van der Waals surface area contributed by atoms with E-state index < -0.39 is 0 Å². The van der Waals surface area contributed by atoms with Gasteiger partial charge in [0.1, 0.15) is 11.4 Å². The third-order valence-corrected chi connectivity index (χ3v) is 5.60. The Morgan fingerprint density at radius 1 is 1.07 bits per heavy atom. The smallest absolute Gasteiger partial charge is 0.277 e. The highest BCUT2D eigenvalue weighted by atomic mass is 16.5. The number of carbonyl (C=O) groups excluding carboxylic acids is 2. The summed E-state index contributed by atoms with van der Waals surface area (Å²) < 4.78 is 10.8. The van der Waals surface area contributed by atoms with E-state index in [0.29, 0.717) is 36.8 Å². The minimum absolute atomic E-state index is 0.138. The molecule has 2 aliphatic rings. The summed E-state index contributed by atoms with van der Waals surface area (Å²) in [5.74, 6) is 0.980. The van der Waals surface area contributed by atoms with E-state index in [9.17, 15) is 9.59 Å². The van der Waals surface area contributed by atoms with E-state index in [1.165, 1.54) is 4.90 Å². The summed E-state index contributed by atoms with van der Waals surface area (Å²) >= 11 is 0. The van der Waals surface area contributed by atoms with Crippen molar-refractivity contribution in [1.29, 1.82) is 0 Å². The lowest BCUT2D eigenvalue weighted by Gasteiger charge is -2.32. The van der Waals surface area contributed by atoms with Crippen LogP contribution in [0.1, 0.15) is 45.6 Å². The lowest BCUT2D eigenvalue weighted by Crippen LogP contribution is -2.39. The molecule has 2 aliphatic heterocycles. The highest BCUT2D eigenvalue weighted by Gasteiger charge is 2.41. The first-order chi connectivity index (χ1) is 13.9. The van der Waals surface area contributed by atoms with Crippen LogP contribution in [0.2, 0.25) is 0 Å². The number of hydrogen-bond acceptors (Lipinski definition) is 5. The van der Waals surface area contributed by atoms with Gasteiger partial charge in [-0.25, -0.2) is 0 Å². The molecule has 6 nitrogen and oxygen atoms in total. The molecule has 0 atom stereocenters. The van der Waals surface area contributed by atoms with Gasteiger partial charge in [-0.2, -0.15) is 0 Å². The number of amides is 2. The van der Waals surface area contributed by atoms with Gasteiger partial charge in [0.05, 0.1) is 18.8 Å². The highest BCUT2D eigenvalue weighted by Crippen LogP contribution is 2.34. The van der Waals surface area contributed by atoms with E-state index >= 15 is 0 Å². The summed E-state index contributed by atoms with van der Waals surface area (Å²) in [6, 6.07) is 7.37. The van der Waals surface area contributed by atoms with Gasteiger partial charge in [-0.1, -0.05) is 19.1 Å². The summed E-state index contributed by atoms with van der Waals surface area (Å²) in [7, 11) is 1.61. The fourth-order valence-corrected chi connectivity index (χ4v) is 3.85. The number of hydrogen-bond donors (Lipinski definition) is 0. The molecular formula is C23H32N2O4. The molecule has 1 aromatic rings. The zero-order valence-corrected chi connectivity index (χ0v) is 17.9. The Balaban J connectivity index is 1.86. The topological polar surface area (TPSA) is 59.1 Å². The lowest BCUT2D eigenvalue weighted by molar-refractivity contribution is -0.137. The van der Waals surface area contributed by atoms with E-state index in [-0.39, 0.29) is 17.9 Å². The summed E-state index contributed by atoms with van der Waals surface area (Å²) in [6.07, 6.45) is 2.83. The van der Waals surface area contributed by atoms with Crippen LogP contribution >= 0.6 is 0 Å². The second-order valence-corrected chi connectivity index (χ2v) is 8.16. The number of imide groups is 1. The third kappa shape index (κ3) is 4.81. The maximum Gasteiger partial charge on any atom is 0.277 e. The Hall–Kier alpha value is -2.34. The molecular weight excluding hydrogens is 368 g/mol. The average molecular weight is 401 g/mol. The van der Waals surface area contributed by atoms with Crippen LogP contribution in [0.25, 0.3) is 5.57 Å². The first kappa shape index (κ1) is 21.4. The Bertz CT molecular complexity index is 762. The van der Waals surface area contributed by atoms with Crippen molar-refractivity contribution >= 4 is 17.4 Å². The van der Waals surface area contributed by atoms with Crippen molar-refractivity contribution in [2.24, 2.45) is 5.92 Å². The van der Waals surface area contributed by atoms with Gasteiger partial charge in [-0.3, -0.25) is 14.5 Å². The van der Waals surface area contributed by atoms with Gasteiger partial charge >= 0.3 is 0 Å². The van der Waals surface area contributed by atoms with E-state index in [1.54, 1.807) is 7.11 Å². The molecule has 1 aromatic carbocycles. The molecule has 0 aromatic heterocycles. The monoisotopic (exact) mass is 400 g/mol. The van der Waals surface area contributed by atoms with Crippen LogP contribution in [-0.4, -0.2) is 61.1 Å². The van der Waals surface area contributed by atoms with Gasteiger partial charge in [-0.15, -0.1) is 0 Å². The van der Waals surface area contributed by atoms with Gasteiger partial charge in [-0.05, 0) is 56.7 Å². The van der Waals surface area contributed by atoms with E-state index in [0.717, 1.165) is 37.2 Å². The number of nitrogens with zero attached hydrogens (tertiary/aromatic N) is 2. The maximum absolute atomic E-state index is 13.3. The maximum atomic E-state index is 13.3. The van der Waals surface area contributed by atoms with Crippen molar-refractivity contribution in [1.82, 2.24) is 9.80 Å². The molecule has 0 spiro atoms. The molecule has 158 valence electrons. The molecule has 1 fully saturated rings. The molecule has 3 rings (SSSR count). The molecule has 1 saturated heterocycles. The first-order valence-electron chi connectivity index (χ1n) is 10.5. The second kappa shape index (κ2) is 9.44. The number of ether oxygens (including phenoxy) is 2. The Morgan fingerprint density at radius 3 is 2.31 bits per heavy atom. The number of rotatable bonds is 8. The predicted octanol–water partition coefficient (Wildman–Crippen LogP) is 3.32. The fraction of sp³-hybridized carbons (Fsp3) is 0.565. The summed E-state index contributed by atoms with van der Waals surface area (Å²) in [5, 5.41) is 0. The number of carbonyl (C=O) groups is 2. The van der Waals surface area contributed by atoms with Crippen molar-refractivity contribution in [3.05, 3.63) is 35.5 Å². The summed E-state index contributed by atoms with van der Waals surface area (Å²) in [4.78, 5) is 30.0. The molecule has 29 heavy (non-hydrogen) atoms. The molecule has 6 heteroatoms. The number of piperidine rings is 1. The minimum Gasteiger partial charge on any atom is -0.497 e. The van der Waals surface area contributed by atoms with Crippen molar-refractivity contribution in [3.8, 4) is 5.75 Å². The van der Waals surface area contributed by atoms with E-state index in [2.05, 4.69) is 11.8 Å². The molecule has 2 heterocycles. The van der Waals surface area contributed by atoms with Crippen molar-refractivity contribution in [3.63, 3.8) is 0 Å². The molecule has 0 radical (unpaired) electrons. The Labute approximate surface area is 173 Å². The van der Waals surface area contributed by atoms with Crippen molar-refractivity contribution in [2.45, 2.75) is 46.1 Å². The van der Waals surface area contributed by atoms with Crippen molar-refractivity contribution in [2.75, 3.05) is 33.4 Å². The number of benzene rings is 1. The van der Waals surface area contributed by atoms with Crippen LogP contribution in [-0.2, 0) is 14.3 Å². The quantitative estimate of drug-likeness (QED) is 0.495. The van der Waals surface area contributed by atoms with Gasteiger partial charge in [0.25, 0.3) is 11.8 Å². The largest absolute Gasteiger partial charge is 0.497 e. The number of methoxy groups -OCH3 is 1. The molecule has 0 saturated carbocycles. The van der Waals surface area contributed by atoms with E-state index in [1.807, 2.05) is 38.1 Å². The molecule has 0 unspecified atom stereocenters. The zero-order valence-electron chi connectivity index (χ0n) is 17.9. The fourth-order valence-electron chi connectivity index (χ4n) is 3.85. The second-order valence-electron chi connectivity index (χ2n) is 8.16. The summed E-state index contributed by atoms with van der Waals surface area (Å²) in [6.45, 7) is 8.70. The van der Waals surface area contributed by atoms with Crippen LogP contribution in [0.5, 0.6) is 5.75 Å². The average Bonchev–Trinajstić information content (AvgIpc) is 2.96. The first-order valence-corrected chi connectivity index (χ1v) is 10.5. The van der Waals surface area contributed by atoms with Crippen molar-refractivity contribution < 1.29 is 19.1 Å². The van der Waals surface area contributed by atoms with E-state index in [4.69, 9.17) is 9.47 Å². The van der Waals surface area contributed by atoms with Crippen LogP contribution < -0.4 is 4.74 Å². The van der Waals surface area contributed by atoms with Crippen LogP contribution in [0, 0.1) is 5.92 Å². The SMILES string of the molecule is COc1ccc(C2=C(N3CCC(C)CC3)C(=O)N(CCCOC(C)C)C2=O)cc1. The van der Waals surface area contributed by atoms with Crippen LogP contribution in [0.15, 0.2) is 30.0 Å². The predicted molar refractivity (Wildman–Crippen MR) is 112 cm³/mol. The van der Waals surface area contributed by atoms with Gasteiger partial charge in [0.15, 0.2) is 0 Å². The molecule has 0 N–H and O–H groups in total. The highest BCUT2D eigenvalue weighted by molar-refractivity contribution is 6.35. The number of likely N-dealkylation sites (tertiary alicyclic amines) is 1. The standard InChI is InChI=1S/C23H32N2O4/c1-16(2)29-15-5-12-25-22(26)20(18-6-8-19(28-4)9-7-18)21(23(25)27)24-13-10-17(3)11-14-24/h6-9,16-17H,5,10-15H2,1-4H3.